The molecule has 2 aromatic heterocycles. The van der Waals surface area contributed by atoms with Crippen molar-refractivity contribution in [3.63, 3.8) is 0 Å². The number of hydrogen-bond donors (Lipinski definition) is 0. The quantitative estimate of drug-likeness (QED) is 0.321. The van der Waals surface area contributed by atoms with Gasteiger partial charge in [-0.05, 0) is 55.0 Å². The summed E-state index contributed by atoms with van der Waals surface area (Å²) in [7, 11) is 1.69. The van der Waals surface area contributed by atoms with Crippen LogP contribution in [0.25, 0.3) is 28.2 Å². The van der Waals surface area contributed by atoms with Crippen LogP contribution in [0.3, 0.4) is 0 Å². The molecule has 0 fully saturated rings. The van der Waals surface area contributed by atoms with Crippen molar-refractivity contribution in [1.29, 1.82) is 0 Å². The van der Waals surface area contributed by atoms with E-state index in [9.17, 15) is 0 Å². The van der Waals surface area contributed by atoms with E-state index < -0.39 is 0 Å². The van der Waals surface area contributed by atoms with Crippen LogP contribution >= 0.6 is 22.6 Å². The second-order valence-corrected chi connectivity index (χ2v) is 6.58. The molecular weight excluding hydrogens is 425 g/mol. The zero-order valence-corrected chi connectivity index (χ0v) is 16.3. The van der Waals surface area contributed by atoms with E-state index in [0.29, 0.717) is 0 Å². The first kappa shape index (κ1) is 16.2. The Labute approximate surface area is 160 Å². The Bertz CT molecular complexity index is 1050. The summed E-state index contributed by atoms with van der Waals surface area (Å²) in [5.41, 5.74) is 5.48. The molecule has 4 aromatic rings. The number of hydrogen-bond acceptors (Lipinski definition) is 2. The number of ether oxygens (including phenoxy) is 1. The maximum atomic E-state index is 5.36. The number of fused-ring (bicyclic) bond motifs is 1. The minimum Gasteiger partial charge on any atom is -0.497 e. The largest absolute Gasteiger partial charge is 0.497 e. The van der Waals surface area contributed by atoms with E-state index in [4.69, 9.17) is 9.72 Å². The molecule has 4 nitrogen and oxygen atoms in total. The first-order valence-corrected chi connectivity index (χ1v) is 9.59. The molecule has 5 heteroatoms. The number of imidazole rings is 1. The Morgan fingerprint density at radius 1 is 1.08 bits per heavy atom. The highest BCUT2D eigenvalue weighted by atomic mass is 127. The molecule has 25 heavy (non-hydrogen) atoms. The molecule has 0 aliphatic rings. The SMILES string of the molecule is COc1ccc(-n2c(-c3cccn3CI)nc3ccccc32)c(C)c1. The fraction of sp³-hybridized carbons (Fsp3) is 0.150. The van der Waals surface area contributed by atoms with E-state index >= 15 is 0 Å². The van der Waals surface area contributed by atoms with Crippen molar-refractivity contribution < 1.29 is 4.74 Å². The molecule has 0 spiro atoms. The van der Waals surface area contributed by atoms with Gasteiger partial charge in [0.05, 0.1) is 34.1 Å². The van der Waals surface area contributed by atoms with Gasteiger partial charge in [-0.25, -0.2) is 4.98 Å². The second-order valence-electron chi connectivity index (χ2n) is 5.89. The van der Waals surface area contributed by atoms with Crippen molar-refractivity contribution in [2.75, 3.05) is 7.11 Å². The fourth-order valence-electron chi connectivity index (χ4n) is 3.17. The number of methoxy groups -OCH3 is 1. The lowest BCUT2D eigenvalue weighted by Crippen LogP contribution is -2.03. The van der Waals surface area contributed by atoms with E-state index in [1.165, 1.54) is 0 Å². The monoisotopic (exact) mass is 443 g/mol. The summed E-state index contributed by atoms with van der Waals surface area (Å²) in [6, 6.07) is 18.6. The number of benzene rings is 2. The van der Waals surface area contributed by atoms with Crippen LogP contribution in [0.15, 0.2) is 60.8 Å². The first-order valence-electron chi connectivity index (χ1n) is 8.07. The number of aryl methyl sites for hydroxylation is 1. The molecule has 0 saturated heterocycles. The number of rotatable bonds is 4. The van der Waals surface area contributed by atoms with E-state index in [2.05, 4.69) is 87.3 Å². The van der Waals surface area contributed by atoms with E-state index in [0.717, 1.165) is 44.1 Å². The van der Waals surface area contributed by atoms with E-state index in [1.54, 1.807) is 7.11 Å². The maximum absolute atomic E-state index is 5.36. The van der Waals surface area contributed by atoms with Crippen LogP contribution in [0.4, 0.5) is 0 Å². The van der Waals surface area contributed by atoms with Gasteiger partial charge in [0, 0.05) is 6.20 Å². The highest BCUT2D eigenvalue weighted by Gasteiger charge is 2.17. The molecule has 0 unspecified atom stereocenters. The van der Waals surface area contributed by atoms with Gasteiger partial charge in [-0.3, -0.25) is 4.57 Å². The van der Waals surface area contributed by atoms with E-state index in [1.807, 2.05) is 12.1 Å². The van der Waals surface area contributed by atoms with Crippen molar-refractivity contribution in [3.05, 3.63) is 66.4 Å². The third-order valence-corrected chi connectivity index (χ3v) is 5.13. The molecule has 0 bridgehead atoms. The van der Waals surface area contributed by atoms with Crippen LogP contribution in [-0.2, 0) is 4.55 Å². The average Bonchev–Trinajstić information content (AvgIpc) is 3.25. The smallest absolute Gasteiger partial charge is 0.162 e. The van der Waals surface area contributed by atoms with Gasteiger partial charge < -0.3 is 9.30 Å². The van der Waals surface area contributed by atoms with Crippen molar-refractivity contribution in [2.24, 2.45) is 0 Å². The molecule has 2 aromatic carbocycles. The minimum absolute atomic E-state index is 0.864. The van der Waals surface area contributed by atoms with Crippen LogP contribution in [0.1, 0.15) is 5.56 Å². The second kappa shape index (κ2) is 6.55. The molecular formula is C20H18IN3O. The maximum Gasteiger partial charge on any atom is 0.162 e. The van der Waals surface area contributed by atoms with Gasteiger partial charge in [0.15, 0.2) is 5.82 Å². The van der Waals surface area contributed by atoms with Crippen molar-refractivity contribution >= 4 is 33.6 Å². The molecule has 0 aliphatic heterocycles. The standard InChI is InChI=1S/C20H18IN3O/c1-14-12-15(25-2)9-10-17(14)24-18-7-4-3-6-16(18)22-20(24)19-8-5-11-23(19)13-21/h3-12H,13H2,1-2H3. The minimum atomic E-state index is 0.864. The van der Waals surface area contributed by atoms with Crippen molar-refractivity contribution in [3.8, 4) is 23.0 Å². The normalized spacial score (nSPS) is 11.2. The Morgan fingerprint density at radius 3 is 2.68 bits per heavy atom. The zero-order valence-electron chi connectivity index (χ0n) is 14.1. The topological polar surface area (TPSA) is 32.0 Å². The van der Waals surface area contributed by atoms with Crippen LogP contribution in [0, 0.1) is 6.92 Å². The van der Waals surface area contributed by atoms with Crippen LogP contribution in [-0.4, -0.2) is 21.2 Å². The van der Waals surface area contributed by atoms with Crippen LogP contribution < -0.4 is 4.74 Å². The third kappa shape index (κ3) is 2.72. The molecule has 0 saturated carbocycles. The Balaban J connectivity index is 2.04. The summed E-state index contributed by atoms with van der Waals surface area (Å²) in [5, 5.41) is 0. The van der Waals surface area contributed by atoms with Gasteiger partial charge in [-0.2, -0.15) is 0 Å². The number of para-hydroxylation sites is 2. The van der Waals surface area contributed by atoms with E-state index in [-0.39, 0.29) is 0 Å². The number of aromatic nitrogens is 3. The Kier molecular flexibility index (Phi) is 4.25. The Hall–Kier alpha value is -2.28. The number of alkyl halides is 1. The van der Waals surface area contributed by atoms with Crippen LogP contribution in [0.2, 0.25) is 0 Å². The molecule has 2 heterocycles. The summed E-state index contributed by atoms with van der Waals surface area (Å²) in [6.45, 7) is 2.10. The lowest BCUT2D eigenvalue weighted by atomic mass is 10.1. The lowest BCUT2D eigenvalue weighted by Gasteiger charge is -2.14. The summed E-state index contributed by atoms with van der Waals surface area (Å²) in [5.74, 6) is 1.82. The summed E-state index contributed by atoms with van der Waals surface area (Å²) >= 11 is 2.37. The van der Waals surface area contributed by atoms with Gasteiger partial charge in [0.1, 0.15) is 5.75 Å². The molecule has 0 N–H and O–H groups in total. The molecule has 0 atom stereocenters. The summed E-state index contributed by atoms with van der Waals surface area (Å²) in [6.07, 6.45) is 2.09. The summed E-state index contributed by atoms with van der Waals surface area (Å²) < 4.78 is 10.7. The number of halogens is 1. The average molecular weight is 443 g/mol. The van der Waals surface area contributed by atoms with Gasteiger partial charge in [-0.1, -0.05) is 34.7 Å². The predicted molar refractivity (Wildman–Crippen MR) is 110 cm³/mol. The van der Waals surface area contributed by atoms with Gasteiger partial charge in [0.2, 0.25) is 0 Å². The molecule has 4 rings (SSSR count). The highest BCUT2D eigenvalue weighted by molar-refractivity contribution is 14.1. The predicted octanol–water partition coefficient (Wildman–Crippen LogP) is 5.20. The van der Waals surface area contributed by atoms with Crippen LogP contribution in [0.5, 0.6) is 5.75 Å². The molecule has 0 amide bonds. The van der Waals surface area contributed by atoms with Gasteiger partial charge in [0.25, 0.3) is 0 Å². The highest BCUT2D eigenvalue weighted by Crippen LogP contribution is 2.31. The van der Waals surface area contributed by atoms with Gasteiger partial charge in [-0.15, -0.1) is 0 Å². The lowest BCUT2D eigenvalue weighted by molar-refractivity contribution is 0.414. The van der Waals surface area contributed by atoms with Crippen molar-refractivity contribution in [1.82, 2.24) is 14.1 Å². The number of nitrogens with zero attached hydrogens (tertiary/aromatic N) is 3. The summed E-state index contributed by atoms with van der Waals surface area (Å²) in [4.78, 5) is 4.93. The molecule has 0 radical (unpaired) electrons. The fourth-order valence-corrected chi connectivity index (χ4v) is 3.76. The molecule has 0 aliphatic carbocycles. The molecule has 126 valence electrons. The zero-order chi connectivity index (χ0) is 17.4. The Morgan fingerprint density at radius 2 is 1.92 bits per heavy atom. The van der Waals surface area contributed by atoms with Crippen molar-refractivity contribution in [2.45, 2.75) is 11.5 Å². The first-order chi connectivity index (χ1) is 12.2. The van der Waals surface area contributed by atoms with Gasteiger partial charge >= 0.3 is 0 Å². The third-order valence-electron chi connectivity index (χ3n) is 4.39.